The lowest BCUT2D eigenvalue weighted by Crippen LogP contribution is -2.30. The number of nitrogens with zero attached hydrogens (tertiary/aromatic N) is 5. The molecule has 1 saturated heterocycles. The van der Waals surface area contributed by atoms with Crippen LogP contribution >= 0.6 is 0 Å². The van der Waals surface area contributed by atoms with Crippen molar-refractivity contribution in [1.29, 1.82) is 0 Å². The maximum Gasteiger partial charge on any atom is 0.330 e. The zero-order chi connectivity index (χ0) is 20.7. The number of fused-ring (bicyclic) bond motifs is 1. The van der Waals surface area contributed by atoms with Crippen LogP contribution in [-0.2, 0) is 11.8 Å². The van der Waals surface area contributed by atoms with E-state index in [-0.39, 0.29) is 11.7 Å². The highest BCUT2D eigenvalue weighted by molar-refractivity contribution is 5.73. The second-order valence-corrected chi connectivity index (χ2v) is 7.48. The van der Waals surface area contributed by atoms with Gasteiger partial charge in [-0.25, -0.2) is 9.78 Å². The third-order valence-electron chi connectivity index (χ3n) is 5.56. The van der Waals surface area contributed by atoms with Gasteiger partial charge in [-0.05, 0) is 37.5 Å². The highest BCUT2D eigenvalue weighted by Crippen LogP contribution is 2.26. The summed E-state index contributed by atoms with van der Waals surface area (Å²) in [5.74, 6) is 0.426. The molecule has 4 aromatic rings. The molecular formula is C21H22N6O3. The first-order chi connectivity index (χ1) is 14.6. The summed E-state index contributed by atoms with van der Waals surface area (Å²) in [6.07, 6.45) is 8.32. The van der Waals surface area contributed by atoms with Crippen LogP contribution in [0.15, 0.2) is 46.3 Å². The average Bonchev–Trinajstić information content (AvgIpc) is 3.38. The topological polar surface area (TPSA) is 100 Å². The SMILES string of the molecule is Cc1cc(-c2ccoc2)ncc1Nc1ncc2c(n1)n(C1CCOCC1)c(=O)n2C. The molecule has 9 nitrogen and oxygen atoms in total. The molecule has 1 aliphatic heterocycles. The Labute approximate surface area is 172 Å². The normalized spacial score (nSPS) is 15.0. The average molecular weight is 406 g/mol. The summed E-state index contributed by atoms with van der Waals surface area (Å²) in [6, 6.07) is 3.93. The molecule has 0 unspecified atom stereocenters. The van der Waals surface area contributed by atoms with Crippen molar-refractivity contribution in [3.8, 4) is 11.3 Å². The molecule has 1 aliphatic rings. The second kappa shape index (κ2) is 7.42. The van der Waals surface area contributed by atoms with E-state index in [4.69, 9.17) is 9.15 Å². The lowest BCUT2D eigenvalue weighted by molar-refractivity contribution is 0.0695. The predicted molar refractivity (Wildman–Crippen MR) is 112 cm³/mol. The zero-order valence-corrected chi connectivity index (χ0v) is 16.8. The van der Waals surface area contributed by atoms with Crippen LogP contribution in [0.5, 0.6) is 0 Å². The molecule has 0 saturated carbocycles. The van der Waals surface area contributed by atoms with E-state index in [0.29, 0.717) is 30.3 Å². The number of imidazole rings is 1. The summed E-state index contributed by atoms with van der Waals surface area (Å²) >= 11 is 0. The Bertz CT molecular complexity index is 1250. The van der Waals surface area contributed by atoms with Gasteiger partial charge in [0.25, 0.3) is 0 Å². The molecule has 0 bridgehead atoms. The zero-order valence-electron chi connectivity index (χ0n) is 16.8. The van der Waals surface area contributed by atoms with Gasteiger partial charge in [0, 0.05) is 31.9 Å². The smallest absolute Gasteiger partial charge is 0.330 e. The van der Waals surface area contributed by atoms with Crippen molar-refractivity contribution < 1.29 is 9.15 Å². The maximum absolute atomic E-state index is 12.8. The molecule has 154 valence electrons. The molecule has 30 heavy (non-hydrogen) atoms. The second-order valence-electron chi connectivity index (χ2n) is 7.48. The molecule has 0 atom stereocenters. The van der Waals surface area contributed by atoms with E-state index in [1.54, 1.807) is 41.1 Å². The number of hydrogen-bond donors (Lipinski definition) is 1. The van der Waals surface area contributed by atoms with Gasteiger partial charge in [-0.1, -0.05) is 0 Å². The fourth-order valence-electron chi connectivity index (χ4n) is 3.84. The Morgan fingerprint density at radius 3 is 2.77 bits per heavy atom. The van der Waals surface area contributed by atoms with Gasteiger partial charge in [-0.3, -0.25) is 14.1 Å². The Hall–Kier alpha value is -3.46. The van der Waals surface area contributed by atoms with Crippen molar-refractivity contribution in [2.45, 2.75) is 25.8 Å². The minimum Gasteiger partial charge on any atom is -0.472 e. The Morgan fingerprint density at radius 1 is 1.20 bits per heavy atom. The summed E-state index contributed by atoms with van der Waals surface area (Å²) in [7, 11) is 1.75. The summed E-state index contributed by atoms with van der Waals surface area (Å²) < 4.78 is 14.0. The van der Waals surface area contributed by atoms with Gasteiger partial charge in [0.1, 0.15) is 5.52 Å². The minimum atomic E-state index is -0.0781. The van der Waals surface area contributed by atoms with Crippen molar-refractivity contribution in [3.05, 3.63) is 53.1 Å². The largest absolute Gasteiger partial charge is 0.472 e. The van der Waals surface area contributed by atoms with Gasteiger partial charge in [0.05, 0.1) is 36.3 Å². The molecular weight excluding hydrogens is 384 g/mol. The Morgan fingerprint density at radius 2 is 2.03 bits per heavy atom. The monoisotopic (exact) mass is 406 g/mol. The molecule has 0 aliphatic carbocycles. The first kappa shape index (κ1) is 18.6. The molecule has 4 aromatic heterocycles. The van der Waals surface area contributed by atoms with Crippen molar-refractivity contribution in [3.63, 3.8) is 0 Å². The van der Waals surface area contributed by atoms with Crippen LogP contribution in [0, 0.1) is 6.92 Å². The van der Waals surface area contributed by atoms with E-state index in [2.05, 4.69) is 20.3 Å². The van der Waals surface area contributed by atoms with Crippen molar-refractivity contribution in [2.75, 3.05) is 18.5 Å². The summed E-state index contributed by atoms with van der Waals surface area (Å²) in [4.78, 5) is 26.4. The number of anilines is 2. The van der Waals surface area contributed by atoms with E-state index in [0.717, 1.165) is 35.3 Å². The molecule has 1 N–H and O–H groups in total. The number of nitrogens with one attached hydrogen (secondary N) is 1. The number of furan rings is 1. The molecule has 0 amide bonds. The molecule has 0 spiro atoms. The molecule has 5 heterocycles. The highest BCUT2D eigenvalue weighted by Gasteiger charge is 2.23. The van der Waals surface area contributed by atoms with Crippen molar-refractivity contribution >= 4 is 22.8 Å². The molecule has 0 radical (unpaired) electrons. The fourth-order valence-corrected chi connectivity index (χ4v) is 3.84. The van der Waals surface area contributed by atoms with E-state index >= 15 is 0 Å². The first-order valence-electron chi connectivity index (χ1n) is 9.90. The van der Waals surface area contributed by atoms with Crippen LogP contribution in [0.25, 0.3) is 22.4 Å². The predicted octanol–water partition coefficient (Wildman–Crippen LogP) is 3.19. The standard InChI is InChI=1S/C21H22N6O3/c1-13-9-16(14-3-6-30-12-14)22-10-17(13)24-20-23-11-18-19(25-20)27(21(28)26(18)2)15-4-7-29-8-5-15/h3,6,9-12,15H,4-5,7-8H2,1-2H3,(H,23,24,25). The van der Waals surface area contributed by atoms with E-state index in [1.165, 1.54) is 0 Å². The lowest BCUT2D eigenvalue weighted by atomic mass is 10.1. The molecule has 9 heteroatoms. The number of pyridine rings is 1. The fraction of sp³-hybridized carbons (Fsp3) is 0.333. The first-order valence-corrected chi connectivity index (χ1v) is 9.90. The van der Waals surface area contributed by atoms with Gasteiger partial charge in [0.15, 0.2) is 5.65 Å². The Kier molecular flexibility index (Phi) is 4.59. The summed E-state index contributed by atoms with van der Waals surface area (Å²) in [5, 5.41) is 3.24. The molecule has 1 fully saturated rings. The van der Waals surface area contributed by atoms with Crippen LogP contribution in [-0.4, -0.2) is 37.3 Å². The molecule has 5 rings (SSSR count). The van der Waals surface area contributed by atoms with Gasteiger partial charge in [0.2, 0.25) is 5.95 Å². The van der Waals surface area contributed by atoms with Crippen molar-refractivity contribution in [2.24, 2.45) is 7.05 Å². The number of hydrogen-bond acceptors (Lipinski definition) is 7. The number of aryl methyl sites for hydroxylation is 2. The van der Waals surface area contributed by atoms with E-state index < -0.39 is 0 Å². The van der Waals surface area contributed by atoms with Gasteiger partial charge >= 0.3 is 5.69 Å². The number of ether oxygens (including phenoxy) is 1. The maximum atomic E-state index is 12.8. The van der Waals surface area contributed by atoms with Crippen LogP contribution in [0.1, 0.15) is 24.4 Å². The third-order valence-corrected chi connectivity index (χ3v) is 5.56. The molecule has 0 aromatic carbocycles. The van der Waals surface area contributed by atoms with Crippen LogP contribution < -0.4 is 11.0 Å². The van der Waals surface area contributed by atoms with Gasteiger partial charge in [-0.15, -0.1) is 0 Å². The minimum absolute atomic E-state index is 0.0781. The number of aromatic nitrogens is 5. The van der Waals surface area contributed by atoms with E-state index in [1.807, 2.05) is 19.1 Å². The summed E-state index contributed by atoms with van der Waals surface area (Å²) in [6.45, 7) is 3.29. The van der Waals surface area contributed by atoms with Crippen LogP contribution in [0.3, 0.4) is 0 Å². The van der Waals surface area contributed by atoms with Gasteiger partial charge in [-0.2, -0.15) is 4.98 Å². The summed E-state index contributed by atoms with van der Waals surface area (Å²) in [5.41, 5.74) is 4.82. The van der Waals surface area contributed by atoms with Crippen LogP contribution in [0.4, 0.5) is 11.6 Å². The quantitative estimate of drug-likeness (QED) is 0.555. The van der Waals surface area contributed by atoms with Crippen LogP contribution in [0.2, 0.25) is 0 Å². The Balaban J connectivity index is 1.50. The van der Waals surface area contributed by atoms with E-state index in [9.17, 15) is 4.79 Å². The van der Waals surface area contributed by atoms with Gasteiger partial charge < -0.3 is 14.5 Å². The number of rotatable bonds is 4. The third kappa shape index (κ3) is 3.17. The lowest BCUT2D eigenvalue weighted by Gasteiger charge is -2.22. The highest BCUT2D eigenvalue weighted by atomic mass is 16.5. The van der Waals surface area contributed by atoms with Crippen molar-refractivity contribution in [1.82, 2.24) is 24.1 Å².